The third-order valence-corrected chi connectivity index (χ3v) is 1.81. The van der Waals surface area contributed by atoms with Crippen LogP contribution >= 0.6 is 0 Å². The van der Waals surface area contributed by atoms with Crippen LogP contribution in [0.25, 0.3) is 0 Å². The van der Waals surface area contributed by atoms with Gasteiger partial charge in [-0.25, -0.2) is 0 Å². The lowest BCUT2D eigenvalue weighted by molar-refractivity contribution is -0.155. The summed E-state index contributed by atoms with van der Waals surface area (Å²) in [6, 6.07) is 0. The zero-order valence-electron chi connectivity index (χ0n) is 7.96. The maximum Gasteiger partial charge on any atom is 0.707 e. The minimum Gasteiger partial charge on any atom is -0.519 e. The minimum atomic E-state index is -1.77. The summed E-state index contributed by atoms with van der Waals surface area (Å²) in [6.07, 6.45) is 5.74. The van der Waals surface area contributed by atoms with Crippen molar-refractivity contribution in [3.8, 4) is 0 Å². The molecular formula is C8H15BO5. The van der Waals surface area contributed by atoms with Crippen molar-refractivity contribution >= 4 is 7.32 Å². The lowest BCUT2D eigenvalue weighted by atomic mass is 10.2. The first kappa shape index (κ1) is 11.5. The van der Waals surface area contributed by atoms with Crippen LogP contribution < -0.4 is 0 Å². The minimum absolute atomic E-state index is 0.132. The Kier molecular flexibility index (Phi) is 5.62. The van der Waals surface area contributed by atoms with Gasteiger partial charge in [0.1, 0.15) is 0 Å². The largest absolute Gasteiger partial charge is 0.707 e. The van der Waals surface area contributed by atoms with Gasteiger partial charge in [0.25, 0.3) is 0 Å². The van der Waals surface area contributed by atoms with Gasteiger partial charge in [-0.1, -0.05) is 0 Å². The van der Waals surface area contributed by atoms with E-state index in [9.17, 15) is 0 Å². The van der Waals surface area contributed by atoms with E-state index in [1.54, 1.807) is 6.08 Å². The van der Waals surface area contributed by atoms with Crippen molar-refractivity contribution in [2.75, 3.05) is 13.2 Å². The molecule has 1 rings (SSSR count). The van der Waals surface area contributed by atoms with E-state index in [4.69, 9.17) is 19.5 Å². The summed E-state index contributed by atoms with van der Waals surface area (Å²) in [5.74, 6) is 0. The maximum absolute atomic E-state index is 8.32. The summed E-state index contributed by atoms with van der Waals surface area (Å²) in [6.45, 7) is 1.09. The van der Waals surface area contributed by atoms with Crippen LogP contribution in [0.5, 0.6) is 0 Å². The zero-order chi connectivity index (χ0) is 10.2. The Labute approximate surface area is 83.5 Å². The Balaban J connectivity index is 1.99. The average Bonchev–Trinajstić information content (AvgIpc) is 2.18. The van der Waals surface area contributed by atoms with Crippen LogP contribution in [0, 0.1) is 0 Å². The van der Waals surface area contributed by atoms with E-state index in [2.05, 4.69) is 4.65 Å². The van der Waals surface area contributed by atoms with Crippen molar-refractivity contribution in [3.63, 3.8) is 0 Å². The molecule has 1 fully saturated rings. The highest BCUT2D eigenvalue weighted by atomic mass is 16.7. The molecule has 1 heterocycles. The molecule has 0 aromatic rings. The summed E-state index contributed by atoms with van der Waals surface area (Å²) in [7, 11) is -1.77. The Morgan fingerprint density at radius 2 is 2.29 bits per heavy atom. The molecule has 0 aromatic carbocycles. The second-order valence-corrected chi connectivity index (χ2v) is 2.96. The molecule has 1 atom stereocenters. The Morgan fingerprint density at radius 1 is 1.43 bits per heavy atom. The predicted molar refractivity (Wildman–Crippen MR) is 50.0 cm³/mol. The monoisotopic (exact) mass is 202 g/mol. The molecule has 0 amide bonds. The predicted octanol–water partition coefficient (Wildman–Crippen LogP) is 0.0294. The van der Waals surface area contributed by atoms with Crippen molar-refractivity contribution in [2.24, 2.45) is 0 Å². The molecule has 14 heavy (non-hydrogen) atoms. The molecule has 0 spiro atoms. The van der Waals surface area contributed by atoms with Gasteiger partial charge in [-0.15, -0.1) is 0 Å². The smallest absolute Gasteiger partial charge is 0.519 e. The molecular weight excluding hydrogens is 187 g/mol. The maximum atomic E-state index is 8.32. The third-order valence-electron chi connectivity index (χ3n) is 1.81. The molecule has 0 aliphatic carbocycles. The van der Waals surface area contributed by atoms with Gasteiger partial charge in [-0.2, -0.15) is 0 Å². The van der Waals surface area contributed by atoms with E-state index in [0.29, 0.717) is 6.61 Å². The van der Waals surface area contributed by atoms with Gasteiger partial charge in [0, 0.05) is 6.61 Å². The van der Waals surface area contributed by atoms with E-state index in [1.165, 1.54) is 6.26 Å². The van der Waals surface area contributed by atoms with Crippen molar-refractivity contribution in [1.29, 1.82) is 0 Å². The lowest BCUT2D eigenvalue weighted by Crippen LogP contribution is -2.22. The van der Waals surface area contributed by atoms with Crippen LogP contribution in [0.2, 0.25) is 0 Å². The van der Waals surface area contributed by atoms with Gasteiger partial charge in [0.15, 0.2) is 6.29 Å². The topological polar surface area (TPSA) is 68.2 Å². The van der Waals surface area contributed by atoms with Crippen LogP contribution in [-0.4, -0.2) is 36.9 Å². The Morgan fingerprint density at radius 3 is 2.93 bits per heavy atom. The van der Waals surface area contributed by atoms with E-state index in [1.807, 2.05) is 0 Å². The van der Waals surface area contributed by atoms with Crippen molar-refractivity contribution in [3.05, 3.63) is 12.3 Å². The Bertz CT molecular complexity index is 167. The highest BCUT2D eigenvalue weighted by Crippen LogP contribution is 2.13. The van der Waals surface area contributed by atoms with Crippen molar-refractivity contribution < 1.29 is 24.2 Å². The summed E-state index contributed by atoms with van der Waals surface area (Å²) in [4.78, 5) is 0. The molecule has 1 aliphatic heterocycles. The van der Waals surface area contributed by atoms with Gasteiger partial charge >= 0.3 is 7.32 Å². The fourth-order valence-corrected chi connectivity index (χ4v) is 1.17. The highest BCUT2D eigenvalue weighted by Gasteiger charge is 2.12. The van der Waals surface area contributed by atoms with Crippen LogP contribution in [0.15, 0.2) is 12.3 Å². The van der Waals surface area contributed by atoms with Gasteiger partial charge in [0.2, 0.25) is 0 Å². The van der Waals surface area contributed by atoms with Crippen LogP contribution in [0.1, 0.15) is 19.3 Å². The van der Waals surface area contributed by atoms with Gasteiger partial charge in [-0.3, -0.25) is 0 Å². The highest BCUT2D eigenvalue weighted by molar-refractivity contribution is 6.32. The van der Waals surface area contributed by atoms with Gasteiger partial charge in [0.05, 0.1) is 12.9 Å². The second-order valence-electron chi connectivity index (χ2n) is 2.96. The van der Waals surface area contributed by atoms with Crippen LogP contribution in [-0.2, 0) is 14.1 Å². The third kappa shape index (κ3) is 5.23. The molecule has 2 N–H and O–H groups in total. The second kappa shape index (κ2) is 6.83. The molecule has 0 bridgehead atoms. The van der Waals surface area contributed by atoms with Gasteiger partial charge in [-0.05, 0) is 25.3 Å². The molecule has 80 valence electrons. The quantitative estimate of drug-likeness (QED) is 0.486. The average molecular weight is 202 g/mol. The molecule has 1 unspecified atom stereocenters. The fourth-order valence-electron chi connectivity index (χ4n) is 1.17. The van der Waals surface area contributed by atoms with Crippen molar-refractivity contribution in [1.82, 2.24) is 0 Å². The summed E-state index contributed by atoms with van der Waals surface area (Å²) >= 11 is 0. The SMILES string of the molecule is OB(O)O/C=C/COC1CCCCO1. The normalized spacial score (nSPS) is 22.6. The van der Waals surface area contributed by atoms with Gasteiger partial charge < -0.3 is 24.2 Å². The van der Waals surface area contributed by atoms with E-state index in [0.717, 1.165) is 25.9 Å². The van der Waals surface area contributed by atoms with Crippen LogP contribution in [0.3, 0.4) is 0 Å². The van der Waals surface area contributed by atoms with Crippen molar-refractivity contribution in [2.45, 2.75) is 25.6 Å². The molecule has 0 saturated carbocycles. The summed E-state index contributed by atoms with van der Waals surface area (Å²) < 4.78 is 15.0. The molecule has 6 heteroatoms. The molecule has 0 aromatic heterocycles. The van der Waals surface area contributed by atoms with Crippen LogP contribution in [0.4, 0.5) is 0 Å². The van der Waals surface area contributed by atoms with E-state index >= 15 is 0 Å². The molecule has 0 radical (unpaired) electrons. The zero-order valence-corrected chi connectivity index (χ0v) is 7.96. The molecule has 5 nitrogen and oxygen atoms in total. The first-order chi connectivity index (χ1) is 6.79. The van der Waals surface area contributed by atoms with E-state index < -0.39 is 7.32 Å². The first-order valence-corrected chi connectivity index (χ1v) is 4.69. The summed E-state index contributed by atoms with van der Waals surface area (Å²) in [5.41, 5.74) is 0. The number of rotatable bonds is 5. The summed E-state index contributed by atoms with van der Waals surface area (Å²) in [5, 5.41) is 16.6. The van der Waals surface area contributed by atoms with E-state index in [-0.39, 0.29) is 6.29 Å². The Hall–Kier alpha value is -0.555. The molecule has 1 aliphatic rings. The number of hydrogen-bond acceptors (Lipinski definition) is 5. The fraction of sp³-hybridized carbons (Fsp3) is 0.750. The lowest BCUT2D eigenvalue weighted by Gasteiger charge is -2.21. The first-order valence-electron chi connectivity index (χ1n) is 4.69. The standard InChI is InChI=1S/C8H15BO5/c10-9(11)14-7-3-6-13-8-4-1-2-5-12-8/h3,7-8,10-11H,1-2,4-6H2/b7-3+. The molecule has 1 saturated heterocycles. The number of ether oxygens (including phenoxy) is 2. The number of hydrogen-bond donors (Lipinski definition) is 2.